The van der Waals surface area contributed by atoms with Gasteiger partial charge in [-0.25, -0.2) is 9.37 Å². The lowest BCUT2D eigenvalue weighted by Gasteiger charge is -2.44. The van der Waals surface area contributed by atoms with Crippen molar-refractivity contribution in [3.05, 3.63) is 24.0 Å². The third kappa shape index (κ3) is 1.41. The quantitative estimate of drug-likeness (QED) is 0.896. The molecule has 3 aliphatic rings. The number of ether oxygens (including phenoxy) is 1. The van der Waals surface area contributed by atoms with E-state index in [2.05, 4.69) is 15.3 Å². The number of carbonyl (C=O) groups is 1. The molecule has 1 aliphatic heterocycles. The number of rotatable bonds is 2. The van der Waals surface area contributed by atoms with E-state index in [-0.39, 0.29) is 22.7 Å². The molecule has 2 atom stereocenters. The summed E-state index contributed by atoms with van der Waals surface area (Å²) in [6.07, 6.45) is 3.99. The third-order valence-corrected chi connectivity index (χ3v) is 5.72. The highest BCUT2D eigenvalue weighted by Gasteiger charge is 2.77. The molecule has 5 nitrogen and oxygen atoms in total. The minimum Gasteiger partial charge on any atom is -0.374 e. The number of halogens is 1. The average Bonchev–Trinajstić information content (AvgIpc) is 2.90. The molecule has 0 unspecified atom stereocenters. The Bertz CT molecular complexity index is 798. The molecule has 2 heterocycles. The lowest BCUT2D eigenvalue weighted by Crippen LogP contribution is -2.51. The standard InChI is InChI=1S/C16H16FN3O2/c17-10-2-3-11-12(6-10)19-14(18-11)20-13(21)16-7-9(16)8-22-15(16)4-1-5-15/h2-3,6,9H,1,4-5,7-8H2,(H2,18,19,20,21)/t9-,16-/m0/s1. The molecule has 2 saturated carbocycles. The Morgan fingerprint density at radius 3 is 3.05 bits per heavy atom. The van der Waals surface area contributed by atoms with Crippen molar-refractivity contribution in [2.75, 3.05) is 11.9 Å². The van der Waals surface area contributed by atoms with Gasteiger partial charge in [-0.2, -0.15) is 0 Å². The van der Waals surface area contributed by atoms with Crippen molar-refractivity contribution < 1.29 is 13.9 Å². The molecule has 0 bridgehead atoms. The van der Waals surface area contributed by atoms with Gasteiger partial charge in [0.2, 0.25) is 11.9 Å². The maximum Gasteiger partial charge on any atom is 0.236 e. The predicted octanol–water partition coefficient (Wildman–Crippen LogP) is 2.60. The van der Waals surface area contributed by atoms with Crippen LogP contribution in [0, 0.1) is 17.2 Å². The van der Waals surface area contributed by atoms with Crippen LogP contribution in [0.3, 0.4) is 0 Å². The van der Waals surface area contributed by atoms with Crippen LogP contribution in [0.25, 0.3) is 11.0 Å². The maximum absolute atomic E-state index is 13.2. The van der Waals surface area contributed by atoms with Gasteiger partial charge in [-0.15, -0.1) is 0 Å². The van der Waals surface area contributed by atoms with Crippen molar-refractivity contribution in [3.63, 3.8) is 0 Å². The minimum atomic E-state index is -0.366. The molecular formula is C16H16FN3O2. The Labute approximate surface area is 126 Å². The van der Waals surface area contributed by atoms with E-state index >= 15 is 0 Å². The Balaban J connectivity index is 1.44. The molecule has 2 N–H and O–H groups in total. The molecule has 1 aromatic heterocycles. The normalized spacial score (nSPS) is 31.0. The van der Waals surface area contributed by atoms with E-state index in [0.717, 1.165) is 25.7 Å². The van der Waals surface area contributed by atoms with Crippen molar-refractivity contribution in [1.29, 1.82) is 0 Å². The summed E-state index contributed by atoms with van der Waals surface area (Å²) in [6, 6.07) is 4.34. The average molecular weight is 301 g/mol. The van der Waals surface area contributed by atoms with Gasteiger partial charge in [0.25, 0.3) is 0 Å². The number of aromatic nitrogens is 2. The van der Waals surface area contributed by atoms with Crippen molar-refractivity contribution in [1.82, 2.24) is 9.97 Å². The number of nitrogens with zero attached hydrogens (tertiary/aromatic N) is 1. The van der Waals surface area contributed by atoms with E-state index in [1.54, 1.807) is 6.07 Å². The molecular weight excluding hydrogens is 285 g/mol. The molecule has 5 rings (SSSR count). The second-order valence-corrected chi connectivity index (χ2v) is 6.73. The Kier molecular flexibility index (Phi) is 2.21. The number of imidazole rings is 1. The van der Waals surface area contributed by atoms with Gasteiger partial charge in [-0.1, -0.05) is 0 Å². The topological polar surface area (TPSA) is 67.0 Å². The largest absolute Gasteiger partial charge is 0.374 e. The van der Waals surface area contributed by atoms with E-state index < -0.39 is 0 Å². The first-order chi connectivity index (χ1) is 10.6. The van der Waals surface area contributed by atoms with Crippen LogP contribution in [-0.2, 0) is 9.53 Å². The molecule has 2 aromatic rings. The highest BCUT2D eigenvalue weighted by Crippen LogP contribution is 2.71. The van der Waals surface area contributed by atoms with Gasteiger partial charge >= 0.3 is 0 Å². The van der Waals surface area contributed by atoms with E-state index in [4.69, 9.17) is 4.74 Å². The number of hydrogen-bond donors (Lipinski definition) is 2. The van der Waals surface area contributed by atoms with Gasteiger partial charge in [0, 0.05) is 5.92 Å². The van der Waals surface area contributed by atoms with Crippen LogP contribution >= 0.6 is 0 Å². The summed E-state index contributed by atoms with van der Waals surface area (Å²) in [6.45, 7) is 0.693. The van der Waals surface area contributed by atoms with Crippen molar-refractivity contribution in [2.24, 2.45) is 11.3 Å². The number of fused-ring (bicyclic) bond motifs is 3. The van der Waals surface area contributed by atoms with E-state index in [9.17, 15) is 9.18 Å². The van der Waals surface area contributed by atoms with Gasteiger partial charge in [-0.3, -0.25) is 10.1 Å². The van der Waals surface area contributed by atoms with E-state index in [0.29, 0.717) is 29.5 Å². The number of aromatic amines is 1. The van der Waals surface area contributed by atoms with Gasteiger partial charge in [-0.05, 0) is 43.9 Å². The fourth-order valence-electron chi connectivity index (χ4n) is 4.31. The highest BCUT2D eigenvalue weighted by atomic mass is 19.1. The van der Waals surface area contributed by atoms with Crippen LogP contribution < -0.4 is 5.32 Å². The molecule has 22 heavy (non-hydrogen) atoms. The van der Waals surface area contributed by atoms with Crippen LogP contribution in [0.4, 0.5) is 10.3 Å². The van der Waals surface area contributed by atoms with Crippen LogP contribution in [0.2, 0.25) is 0 Å². The zero-order chi connectivity index (χ0) is 14.9. The molecule has 3 fully saturated rings. The molecule has 1 spiro atoms. The van der Waals surface area contributed by atoms with Gasteiger partial charge in [0.1, 0.15) is 5.82 Å². The summed E-state index contributed by atoms with van der Waals surface area (Å²) in [4.78, 5) is 20.1. The summed E-state index contributed by atoms with van der Waals surface area (Å²) < 4.78 is 19.2. The SMILES string of the molecule is O=C(Nc1nc2ccc(F)cc2[nH]1)[C@]12C[C@H]1COC21CCC1. The summed E-state index contributed by atoms with van der Waals surface area (Å²) >= 11 is 0. The van der Waals surface area contributed by atoms with Gasteiger partial charge in [0.15, 0.2) is 0 Å². The maximum atomic E-state index is 13.2. The van der Waals surface area contributed by atoms with Crippen molar-refractivity contribution in [3.8, 4) is 0 Å². The summed E-state index contributed by atoms with van der Waals surface area (Å²) in [5, 5.41) is 2.89. The van der Waals surface area contributed by atoms with Crippen LogP contribution in [-0.4, -0.2) is 28.1 Å². The van der Waals surface area contributed by atoms with Crippen LogP contribution in [0.1, 0.15) is 25.7 Å². The number of nitrogens with one attached hydrogen (secondary N) is 2. The molecule has 2 aliphatic carbocycles. The molecule has 1 amide bonds. The number of hydrogen-bond acceptors (Lipinski definition) is 3. The third-order valence-electron chi connectivity index (χ3n) is 5.72. The fraction of sp³-hybridized carbons (Fsp3) is 0.500. The Morgan fingerprint density at radius 1 is 1.45 bits per heavy atom. The van der Waals surface area contributed by atoms with Crippen LogP contribution in [0.15, 0.2) is 18.2 Å². The smallest absolute Gasteiger partial charge is 0.236 e. The molecule has 1 aromatic carbocycles. The first kappa shape index (κ1) is 12.6. The lowest BCUT2D eigenvalue weighted by atomic mass is 9.68. The number of anilines is 1. The number of H-pyrrole nitrogens is 1. The highest BCUT2D eigenvalue weighted by molar-refractivity contribution is 5.99. The molecule has 6 heteroatoms. The van der Waals surface area contributed by atoms with Crippen LogP contribution in [0.5, 0.6) is 0 Å². The zero-order valence-corrected chi connectivity index (χ0v) is 12.0. The predicted molar refractivity (Wildman–Crippen MR) is 77.8 cm³/mol. The summed E-state index contributed by atoms with van der Waals surface area (Å²) in [5.74, 6) is 0.392. The zero-order valence-electron chi connectivity index (χ0n) is 12.0. The first-order valence-corrected chi connectivity index (χ1v) is 7.74. The molecule has 1 saturated heterocycles. The van der Waals surface area contributed by atoms with Gasteiger partial charge < -0.3 is 9.72 Å². The fourth-order valence-corrected chi connectivity index (χ4v) is 4.31. The lowest BCUT2D eigenvalue weighted by molar-refractivity contribution is -0.144. The monoisotopic (exact) mass is 301 g/mol. The van der Waals surface area contributed by atoms with E-state index in [1.807, 2.05) is 0 Å². The second-order valence-electron chi connectivity index (χ2n) is 6.73. The Morgan fingerprint density at radius 2 is 2.32 bits per heavy atom. The Hall–Kier alpha value is -1.95. The number of carbonyl (C=O) groups excluding carboxylic acids is 1. The second kappa shape index (κ2) is 3.87. The van der Waals surface area contributed by atoms with Crippen molar-refractivity contribution in [2.45, 2.75) is 31.3 Å². The first-order valence-electron chi connectivity index (χ1n) is 7.74. The summed E-state index contributed by atoms with van der Waals surface area (Å²) in [7, 11) is 0. The number of amides is 1. The molecule has 0 radical (unpaired) electrons. The summed E-state index contributed by atoms with van der Waals surface area (Å²) in [5.41, 5.74) is 0.624. The van der Waals surface area contributed by atoms with Crippen molar-refractivity contribution >= 4 is 22.9 Å². The number of benzene rings is 1. The van der Waals surface area contributed by atoms with E-state index in [1.165, 1.54) is 12.1 Å². The minimum absolute atomic E-state index is 0.00534. The molecule has 114 valence electrons. The van der Waals surface area contributed by atoms with Gasteiger partial charge in [0.05, 0.1) is 28.7 Å².